The van der Waals surface area contributed by atoms with E-state index in [0.29, 0.717) is 30.8 Å². The van der Waals surface area contributed by atoms with Gasteiger partial charge in [-0.15, -0.1) is 0 Å². The van der Waals surface area contributed by atoms with Crippen LogP contribution in [0.1, 0.15) is 30.5 Å². The van der Waals surface area contributed by atoms with Crippen LogP contribution in [-0.4, -0.2) is 91.5 Å². The molecule has 7 N–H and O–H groups in total. The molecule has 2 heterocycles. The largest absolute Gasteiger partial charge is 0.508 e. The summed E-state index contributed by atoms with van der Waals surface area (Å²) in [7, 11) is 0. The Morgan fingerprint density at radius 2 is 1.92 bits per heavy atom. The smallest absolute Gasteiger partial charge is 0.326 e. The first-order chi connectivity index (χ1) is 18.2. The number of carbonyl (C=O) groups excluding carboxylic acids is 3. The van der Waals surface area contributed by atoms with E-state index in [9.17, 15) is 29.4 Å². The van der Waals surface area contributed by atoms with Crippen molar-refractivity contribution in [2.75, 3.05) is 18.6 Å². The summed E-state index contributed by atoms with van der Waals surface area (Å²) in [6.45, 7) is 0.355. The number of imidazole rings is 1. The molecule has 4 atom stereocenters. The summed E-state index contributed by atoms with van der Waals surface area (Å²) in [6, 6.07) is 2.51. The van der Waals surface area contributed by atoms with Crippen LogP contribution in [0.2, 0.25) is 0 Å². The number of nitrogens with two attached hydrogens (primary N) is 1. The fraction of sp³-hybridized carbons (Fsp3) is 0.480. The van der Waals surface area contributed by atoms with Gasteiger partial charge in [0.15, 0.2) is 0 Å². The van der Waals surface area contributed by atoms with Gasteiger partial charge in [0.05, 0.1) is 12.4 Å². The Morgan fingerprint density at radius 3 is 2.55 bits per heavy atom. The second kappa shape index (κ2) is 13.8. The van der Waals surface area contributed by atoms with Gasteiger partial charge in [0.2, 0.25) is 17.7 Å². The van der Waals surface area contributed by atoms with Crippen LogP contribution >= 0.6 is 11.8 Å². The number of hydrogen-bond acceptors (Lipinski definition) is 8. The van der Waals surface area contributed by atoms with E-state index in [4.69, 9.17) is 5.73 Å². The number of thioether (sulfide) groups is 1. The molecule has 1 aromatic heterocycles. The SMILES string of the molecule is CSCCC(NC(=O)C(Cc1cnc[nH]1)NC(=O)C1CCCN1C(=O)C(N)Cc1ccc(O)cc1)C(=O)O. The third-order valence-electron chi connectivity index (χ3n) is 6.38. The van der Waals surface area contributed by atoms with Crippen molar-refractivity contribution in [3.8, 4) is 5.75 Å². The Kier molecular flexibility index (Phi) is 10.5. The molecule has 4 unspecified atom stereocenters. The number of nitrogens with zero attached hydrogens (tertiary/aromatic N) is 2. The van der Waals surface area contributed by atoms with Crippen LogP contribution in [0.15, 0.2) is 36.8 Å². The second-order valence-electron chi connectivity index (χ2n) is 9.19. The summed E-state index contributed by atoms with van der Waals surface area (Å²) < 4.78 is 0. The number of amides is 3. The van der Waals surface area contributed by atoms with Crippen molar-refractivity contribution in [3.05, 3.63) is 48.0 Å². The molecule has 1 saturated heterocycles. The number of rotatable bonds is 13. The van der Waals surface area contributed by atoms with Gasteiger partial charge in [0.1, 0.15) is 23.9 Å². The van der Waals surface area contributed by atoms with Gasteiger partial charge in [0.25, 0.3) is 0 Å². The zero-order valence-electron chi connectivity index (χ0n) is 21.1. The maximum absolute atomic E-state index is 13.3. The highest BCUT2D eigenvalue weighted by Gasteiger charge is 2.38. The highest BCUT2D eigenvalue weighted by Crippen LogP contribution is 2.20. The summed E-state index contributed by atoms with van der Waals surface area (Å²) in [5.74, 6) is -2.04. The second-order valence-corrected chi connectivity index (χ2v) is 10.2. The number of carboxylic acid groups (broad SMARTS) is 1. The van der Waals surface area contributed by atoms with E-state index in [1.165, 1.54) is 41.3 Å². The molecule has 0 saturated carbocycles. The third kappa shape index (κ3) is 7.96. The lowest BCUT2D eigenvalue weighted by Gasteiger charge is -2.28. The molecule has 206 valence electrons. The Balaban J connectivity index is 1.69. The lowest BCUT2D eigenvalue weighted by Crippen LogP contribution is -2.57. The number of phenolic OH excluding ortho intramolecular Hbond substituents is 1. The normalized spacial score (nSPS) is 17.4. The fourth-order valence-electron chi connectivity index (χ4n) is 4.35. The number of aromatic nitrogens is 2. The molecule has 1 fully saturated rings. The number of benzene rings is 1. The summed E-state index contributed by atoms with van der Waals surface area (Å²) in [4.78, 5) is 59.5. The average Bonchev–Trinajstić information content (AvgIpc) is 3.59. The monoisotopic (exact) mass is 546 g/mol. The zero-order valence-corrected chi connectivity index (χ0v) is 21.9. The number of carboxylic acids is 1. The molecule has 12 nitrogen and oxygen atoms in total. The average molecular weight is 547 g/mol. The lowest BCUT2D eigenvalue weighted by atomic mass is 10.0. The molecule has 0 aliphatic carbocycles. The minimum atomic E-state index is -1.16. The number of aromatic hydroxyl groups is 1. The minimum Gasteiger partial charge on any atom is -0.508 e. The molecule has 0 radical (unpaired) electrons. The van der Waals surface area contributed by atoms with Crippen molar-refractivity contribution >= 4 is 35.5 Å². The molecule has 0 spiro atoms. The predicted octanol–water partition coefficient (Wildman–Crippen LogP) is 0.0261. The number of carbonyl (C=O) groups is 4. The van der Waals surface area contributed by atoms with Crippen molar-refractivity contribution in [1.82, 2.24) is 25.5 Å². The Labute approximate surface area is 224 Å². The predicted molar refractivity (Wildman–Crippen MR) is 141 cm³/mol. The number of hydrogen-bond donors (Lipinski definition) is 6. The van der Waals surface area contributed by atoms with Crippen LogP contribution in [0.25, 0.3) is 0 Å². The lowest BCUT2D eigenvalue weighted by molar-refractivity contribution is -0.143. The van der Waals surface area contributed by atoms with Gasteiger partial charge in [-0.25, -0.2) is 9.78 Å². The van der Waals surface area contributed by atoms with Crippen molar-refractivity contribution in [3.63, 3.8) is 0 Å². The molecule has 1 aliphatic rings. The standard InChI is InChI=1S/C25H34N6O6S/c1-38-10-8-19(25(36)37)29-22(33)20(12-16-13-27-14-28-16)30-23(34)21-3-2-9-31(21)24(35)18(26)11-15-4-6-17(32)7-5-15/h4-7,13-14,18-21,32H,2-3,8-12,26H2,1H3,(H,27,28)(H,29,33)(H,30,34)(H,36,37). The van der Waals surface area contributed by atoms with Crippen molar-refractivity contribution in [2.24, 2.45) is 5.73 Å². The maximum atomic E-state index is 13.3. The van der Waals surface area contributed by atoms with Gasteiger partial charge in [-0.05, 0) is 55.4 Å². The molecular weight excluding hydrogens is 512 g/mol. The topological polar surface area (TPSA) is 191 Å². The van der Waals surface area contributed by atoms with E-state index in [1.54, 1.807) is 12.1 Å². The maximum Gasteiger partial charge on any atom is 0.326 e. The Hall–Kier alpha value is -3.58. The van der Waals surface area contributed by atoms with Crippen LogP contribution in [0, 0.1) is 0 Å². The first-order valence-corrected chi connectivity index (χ1v) is 13.7. The summed E-state index contributed by atoms with van der Waals surface area (Å²) in [5.41, 5.74) is 7.53. The number of likely N-dealkylation sites (tertiary alicyclic amines) is 1. The number of aliphatic carboxylic acids is 1. The molecule has 1 aliphatic heterocycles. The highest BCUT2D eigenvalue weighted by atomic mass is 32.2. The molecule has 2 aromatic rings. The van der Waals surface area contributed by atoms with E-state index in [2.05, 4.69) is 20.6 Å². The van der Waals surface area contributed by atoms with Gasteiger partial charge in [-0.2, -0.15) is 11.8 Å². The quantitative estimate of drug-likeness (QED) is 0.201. The van der Waals surface area contributed by atoms with Crippen LogP contribution in [0.5, 0.6) is 5.75 Å². The molecule has 3 amide bonds. The van der Waals surface area contributed by atoms with E-state index < -0.39 is 42.0 Å². The van der Waals surface area contributed by atoms with E-state index in [0.717, 1.165) is 5.56 Å². The highest BCUT2D eigenvalue weighted by molar-refractivity contribution is 7.98. The van der Waals surface area contributed by atoms with Crippen molar-refractivity contribution in [1.29, 1.82) is 0 Å². The number of nitrogens with one attached hydrogen (secondary N) is 3. The van der Waals surface area contributed by atoms with E-state index in [-0.39, 0.29) is 30.9 Å². The summed E-state index contributed by atoms with van der Waals surface area (Å²) >= 11 is 1.46. The number of aromatic amines is 1. The van der Waals surface area contributed by atoms with Crippen molar-refractivity contribution < 1.29 is 29.4 Å². The number of H-pyrrole nitrogens is 1. The Bertz CT molecular complexity index is 1100. The molecule has 3 rings (SSSR count). The zero-order chi connectivity index (χ0) is 27.7. The van der Waals surface area contributed by atoms with E-state index >= 15 is 0 Å². The molecular formula is C25H34N6O6S. The van der Waals surface area contributed by atoms with Crippen LogP contribution in [0.3, 0.4) is 0 Å². The molecule has 0 bridgehead atoms. The number of phenols is 1. The molecule has 1 aromatic carbocycles. The molecule has 13 heteroatoms. The fourth-order valence-corrected chi connectivity index (χ4v) is 4.82. The first-order valence-electron chi connectivity index (χ1n) is 12.3. The van der Waals surface area contributed by atoms with Gasteiger partial charge < -0.3 is 36.5 Å². The Morgan fingerprint density at radius 1 is 1.18 bits per heavy atom. The molecule has 38 heavy (non-hydrogen) atoms. The summed E-state index contributed by atoms with van der Waals surface area (Å²) in [6.07, 6.45) is 6.34. The van der Waals surface area contributed by atoms with Crippen molar-refractivity contribution in [2.45, 2.75) is 56.3 Å². The van der Waals surface area contributed by atoms with Gasteiger partial charge >= 0.3 is 5.97 Å². The van der Waals surface area contributed by atoms with Crippen LogP contribution in [-0.2, 0) is 32.0 Å². The van der Waals surface area contributed by atoms with Gasteiger partial charge in [-0.3, -0.25) is 14.4 Å². The van der Waals surface area contributed by atoms with Gasteiger partial charge in [-0.1, -0.05) is 12.1 Å². The third-order valence-corrected chi connectivity index (χ3v) is 7.03. The van der Waals surface area contributed by atoms with Gasteiger partial charge in [0, 0.05) is 24.9 Å². The van der Waals surface area contributed by atoms with Crippen LogP contribution in [0.4, 0.5) is 0 Å². The first kappa shape index (κ1) is 29.0. The van der Waals surface area contributed by atoms with E-state index in [1.807, 2.05) is 6.26 Å². The van der Waals surface area contributed by atoms with Crippen LogP contribution < -0.4 is 16.4 Å². The summed E-state index contributed by atoms with van der Waals surface area (Å²) in [5, 5.41) is 24.2. The minimum absolute atomic E-state index is 0.0630.